The van der Waals surface area contributed by atoms with E-state index < -0.39 is 23.7 Å². The van der Waals surface area contributed by atoms with Gasteiger partial charge in [0.15, 0.2) is 0 Å². The Bertz CT molecular complexity index is 315. The number of carbonyl (C=O) groups is 4. The van der Waals surface area contributed by atoms with Crippen LogP contribution in [-0.2, 0) is 19.2 Å². The van der Waals surface area contributed by atoms with Gasteiger partial charge in [-0.3, -0.25) is 29.8 Å². The van der Waals surface area contributed by atoms with Gasteiger partial charge in [-0.2, -0.15) is 0 Å². The molecular weight excluding hydrogens is 188 g/mol. The Morgan fingerprint density at radius 2 is 1.14 bits per heavy atom. The van der Waals surface area contributed by atoms with E-state index in [1.165, 1.54) is 0 Å². The van der Waals surface area contributed by atoms with Crippen LogP contribution in [0.2, 0.25) is 0 Å². The lowest BCUT2D eigenvalue weighted by atomic mass is 9.89. The molecule has 2 unspecified atom stereocenters. The van der Waals surface area contributed by atoms with Gasteiger partial charge >= 0.3 is 0 Å². The standard InChI is InChI=1S/C8H8N2O4/c11-5-1-3(7(13)9-5)4-2-6(12)10-8(4)14/h3-4H,1-2H2,(H,9,11,13)(H,10,12,14). The zero-order valence-corrected chi connectivity index (χ0v) is 7.20. The van der Waals surface area contributed by atoms with Crippen LogP contribution in [0.4, 0.5) is 0 Å². The minimum absolute atomic E-state index is 0.00417. The summed E-state index contributed by atoms with van der Waals surface area (Å²) in [6.45, 7) is 0. The van der Waals surface area contributed by atoms with E-state index in [9.17, 15) is 19.2 Å². The zero-order chi connectivity index (χ0) is 10.3. The van der Waals surface area contributed by atoms with Gasteiger partial charge in [-0.1, -0.05) is 0 Å². The first-order valence-corrected chi connectivity index (χ1v) is 4.25. The van der Waals surface area contributed by atoms with Gasteiger partial charge in [0.1, 0.15) is 0 Å². The Morgan fingerprint density at radius 1 is 0.786 bits per heavy atom. The molecule has 2 fully saturated rings. The van der Waals surface area contributed by atoms with Crippen molar-refractivity contribution in [3.63, 3.8) is 0 Å². The Labute approximate surface area is 79.0 Å². The molecule has 6 nitrogen and oxygen atoms in total. The van der Waals surface area contributed by atoms with Crippen molar-refractivity contribution in [3.05, 3.63) is 0 Å². The van der Waals surface area contributed by atoms with Crippen molar-refractivity contribution < 1.29 is 19.2 Å². The van der Waals surface area contributed by atoms with Crippen LogP contribution in [0.25, 0.3) is 0 Å². The molecular formula is C8H8N2O4. The van der Waals surface area contributed by atoms with Crippen molar-refractivity contribution in [3.8, 4) is 0 Å². The second-order valence-electron chi connectivity index (χ2n) is 3.45. The average molecular weight is 196 g/mol. The third-order valence-corrected chi connectivity index (χ3v) is 2.50. The Kier molecular flexibility index (Phi) is 1.83. The fraction of sp³-hybridized carbons (Fsp3) is 0.500. The fourth-order valence-corrected chi connectivity index (χ4v) is 1.80. The highest BCUT2D eigenvalue weighted by molar-refractivity contribution is 6.09. The normalized spacial score (nSPS) is 32.0. The molecule has 6 heteroatoms. The molecule has 74 valence electrons. The number of hydrogen-bond donors (Lipinski definition) is 2. The molecule has 2 aliphatic heterocycles. The van der Waals surface area contributed by atoms with Gasteiger partial charge in [-0.05, 0) is 0 Å². The summed E-state index contributed by atoms with van der Waals surface area (Å²) >= 11 is 0. The monoisotopic (exact) mass is 196 g/mol. The van der Waals surface area contributed by atoms with Crippen LogP contribution in [0, 0.1) is 11.8 Å². The smallest absolute Gasteiger partial charge is 0.231 e. The number of imide groups is 2. The van der Waals surface area contributed by atoms with Crippen LogP contribution in [0.3, 0.4) is 0 Å². The van der Waals surface area contributed by atoms with Gasteiger partial charge in [0.05, 0.1) is 11.8 Å². The molecule has 14 heavy (non-hydrogen) atoms. The van der Waals surface area contributed by atoms with Gasteiger partial charge in [-0.15, -0.1) is 0 Å². The summed E-state index contributed by atoms with van der Waals surface area (Å²) in [5.74, 6) is -3.02. The second-order valence-corrected chi connectivity index (χ2v) is 3.45. The second kappa shape index (κ2) is 2.90. The maximum Gasteiger partial charge on any atom is 0.231 e. The topological polar surface area (TPSA) is 92.3 Å². The van der Waals surface area contributed by atoms with Crippen LogP contribution in [-0.4, -0.2) is 23.6 Å². The third-order valence-electron chi connectivity index (χ3n) is 2.50. The van der Waals surface area contributed by atoms with E-state index >= 15 is 0 Å². The molecule has 4 amide bonds. The van der Waals surface area contributed by atoms with E-state index in [2.05, 4.69) is 10.6 Å². The first-order chi connectivity index (χ1) is 6.58. The quantitative estimate of drug-likeness (QED) is 0.489. The number of hydrogen-bond acceptors (Lipinski definition) is 4. The van der Waals surface area contributed by atoms with E-state index in [0.717, 1.165) is 0 Å². The van der Waals surface area contributed by atoms with Crippen molar-refractivity contribution in [2.75, 3.05) is 0 Å². The lowest BCUT2D eigenvalue weighted by Gasteiger charge is -2.09. The van der Waals surface area contributed by atoms with Crippen molar-refractivity contribution in [2.45, 2.75) is 12.8 Å². The van der Waals surface area contributed by atoms with Crippen LogP contribution in [0.5, 0.6) is 0 Å². The Morgan fingerprint density at radius 3 is 1.36 bits per heavy atom. The molecule has 2 aliphatic rings. The largest absolute Gasteiger partial charge is 0.296 e. The third kappa shape index (κ3) is 1.28. The highest BCUT2D eigenvalue weighted by Gasteiger charge is 2.44. The minimum Gasteiger partial charge on any atom is -0.296 e. The maximum absolute atomic E-state index is 11.2. The molecule has 0 aromatic rings. The molecule has 0 bridgehead atoms. The summed E-state index contributed by atoms with van der Waals surface area (Å²) in [4.78, 5) is 44.1. The van der Waals surface area contributed by atoms with Crippen LogP contribution in [0.15, 0.2) is 0 Å². The summed E-state index contributed by atoms with van der Waals surface area (Å²) in [5.41, 5.74) is 0. The predicted octanol–water partition coefficient (Wildman–Crippen LogP) is -1.69. The van der Waals surface area contributed by atoms with E-state index in [1.807, 2.05) is 0 Å². The molecule has 0 aliphatic carbocycles. The first kappa shape index (κ1) is 8.86. The Hall–Kier alpha value is -1.72. The summed E-state index contributed by atoms with van der Waals surface area (Å²) in [6, 6.07) is 0. The number of rotatable bonds is 1. The van der Waals surface area contributed by atoms with Crippen LogP contribution < -0.4 is 10.6 Å². The van der Waals surface area contributed by atoms with Crippen LogP contribution in [0.1, 0.15) is 12.8 Å². The van der Waals surface area contributed by atoms with Gasteiger partial charge in [-0.25, -0.2) is 0 Å². The highest BCUT2D eigenvalue weighted by atomic mass is 16.2. The molecule has 2 saturated heterocycles. The molecule has 0 saturated carbocycles. The molecule has 2 rings (SSSR count). The number of carbonyl (C=O) groups excluding carboxylic acids is 4. The van der Waals surface area contributed by atoms with E-state index in [0.29, 0.717) is 0 Å². The minimum atomic E-state index is -0.672. The molecule has 2 heterocycles. The van der Waals surface area contributed by atoms with Crippen molar-refractivity contribution in [2.24, 2.45) is 11.8 Å². The average Bonchev–Trinajstić information content (AvgIpc) is 2.55. The van der Waals surface area contributed by atoms with Gasteiger partial charge in [0.25, 0.3) is 0 Å². The fourth-order valence-electron chi connectivity index (χ4n) is 1.80. The molecule has 0 aromatic heterocycles. The SMILES string of the molecule is O=C1CC(C2CC(=O)NC2=O)C(=O)N1. The van der Waals surface area contributed by atoms with Crippen molar-refractivity contribution in [1.29, 1.82) is 0 Å². The summed E-state index contributed by atoms with van der Waals surface area (Å²) in [7, 11) is 0. The van der Waals surface area contributed by atoms with Gasteiger partial charge < -0.3 is 0 Å². The maximum atomic E-state index is 11.2. The van der Waals surface area contributed by atoms with Gasteiger partial charge in [0, 0.05) is 12.8 Å². The van der Waals surface area contributed by atoms with E-state index in [4.69, 9.17) is 0 Å². The summed E-state index contributed by atoms with van der Waals surface area (Å²) in [5, 5.41) is 4.22. The molecule has 2 N–H and O–H groups in total. The summed E-state index contributed by atoms with van der Waals surface area (Å²) in [6.07, 6.45) is 0.00833. The molecule has 0 radical (unpaired) electrons. The van der Waals surface area contributed by atoms with Crippen molar-refractivity contribution in [1.82, 2.24) is 10.6 Å². The van der Waals surface area contributed by atoms with E-state index in [1.54, 1.807) is 0 Å². The molecule has 0 spiro atoms. The van der Waals surface area contributed by atoms with Crippen molar-refractivity contribution >= 4 is 23.6 Å². The van der Waals surface area contributed by atoms with E-state index in [-0.39, 0.29) is 24.7 Å². The lowest BCUT2D eigenvalue weighted by molar-refractivity contribution is -0.131. The molecule has 0 aromatic carbocycles. The first-order valence-electron chi connectivity index (χ1n) is 4.25. The zero-order valence-electron chi connectivity index (χ0n) is 7.20. The summed E-state index contributed by atoms with van der Waals surface area (Å²) < 4.78 is 0. The predicted molar refractivity (Wildman–Crippen MR) is 42.5 cm³/mol. The van der Waals surface area contributed by atoms with Gasteiger partial charge in [0.2, 0.25) is 23.6 Å². The lowest BCUT2D eigenvalue weighted by Crippen LogP contribution is -2.30. The molecule has 2 atom stereocenters. The number of nitrogens with one attached hydrogen (secondary N) is 2. The number of amides is 4. The van der Waals surface area contributed by atoms with Crippen LogP contribution >= 0.6 is 0 Å². The highest BCUT2D eigenvalue weighted by Crippen LogP contribution is 2.26. The Balaban J connectivity index is 2.16.